The molecule has 10 heteroatoms. The summed E-state index contributed by atoms with van der Waals surface area (Å²) in [5.41, 5.74) is 1.42. The number of carbonyl (C=O) groups is 2. The van der Waals surface area contributed by atoms with Crippen molar-refractivity contribution in [2.45, 2.75) is 58.3 Å². The molecule has 1 saturated heterocycles. The number of carbonyl (C=O) groups excluding carboxylic acids is 2. The second-order valence-electron chi connectivity index (χ2n) is 10.7. The molecular weight excluding hydrogens is 514 g/mol. The van der Waals surface area contributed by atoms with Crippen LogP contribution < -0.4 is 5.32 Å². The standard InChI is InChI=1S/C25H30BrN5O4/c1-23(2,3)34-21(32)29-25(14-30(15-25)22(33)35-24(4,5)6)18-9-7-16(8-10-18)17-11-27-20-19(26)12-28-31(20)13-17/h7-13H,14-15H2,1-6H3,(H,29,32). The number of rotatable bonds is 3. The normalized spacial score (nSPS) is 15.5. The molecule has 186 valence electrons. The number of nitrogens with zero attached hydrogens (tertiary/aromatic N) is 4. The van der Waals surface area contributed by atoms with Crippen molar-refractivity contribution in [3.8, 4) is 11.1 Å². The van der Waals surface area contributed by atoms with Gasteiger partial charge in [0.15, 0.2) is 5.65 Å². The molecule has 0 unspecified atom stereocenters. The zero-order valence-electron chi connectivity index (χ0n) is 20.8. The maximum absolute atomic E-state index is 12.7. The Morgan fingerprint density at radius 1 is 0.971 bits per heavy atom. The summed E-state index contributed by atoms with van der Waals surface area (Å²) in [6, 6.07) is 7.82. The summed E-state index contributed by atoms with van der Waals surface area (Å²) in [4.78, 5) is 31.3. The Balaban J connectivity index is 1.58. The number of fused-ring (bicyclic) bond motifs is 1. The van der Waals surface area contributed by atoms with Gasteiger partial charge in [-0.2, -0.15) is 5.10 Å². The number of alkyl carbamates (subject to hydrolysis) is 1. The molecule has 1 N–H and O–H groups in total. The summed E-state index contributed by atoms with van der Waals surface area (Å²) in [6.45, 7) is 11.4. The highest BCUT2D eigenvalue weighted by Gasteiger charge is 2.49. The first-order chi connectivity index (χ1) is 16.2. The summed E-state index contributed by atoms with van der Waals surface area (Å²) in [5, 5.41) is 7.29. The maximum atomic E-state index is 12.7. The van der Waals surface area contributed by atoms with E-state index in [0.717, 1.165) is 26.8 Å². The minimum atomic E-state index is -0.785. The first kappa shape index (κ1) is 25.0. The molecule has 0 aliphatic carbocycles. The maximum Gasteiger partial charge on any atom is 0.410 e. The lowest BCUT2D eigenvalue weighted by molar-refractivity contribution is -0.0229. The highest BCUT2D eigenvalue weighted by Crippen LogP contribution is 2.35. The number of hydrogen-bond acceptors (Lipinski definition) is 6. The molecule has 9 nitrogen and oxygen atoms in total. The Bertz CT molecular complexity index is 1250. The molecule has 0 saturated carbocycles. The van der Waals surface area contributed by atoms with Gasteiger partial charge >= 0.3 is 12.2 Å². The quantitative estimate of drug-likeness (QED) is 0.491. The van der Waals surface area contributed by atoms with Crippen LogP contribution in [0.4, 0.5) is 9.59 Å². The molecular formula is C25H30BrN5O4. The first-order valence-electron chi connectivity index (χ1n) is 11.3. The molecule has 1 fully saturated rings. The Labute approximate surface area is 212 Å². The molecule has 1 aliphatic heterocycles. The van der Waals surface area contributed by atoms with Gasteiger partial charge < -0.3 is 19.7 Å². The van der Waals surface area contributed by atoms with Crippen LogP contribution >= 0.6 is 15.9 Å². The van der Waals surface area contributed by atoms with E-state index in [-0.39, 0.29) is 13.1 Å². The van der Waals surface area contributed by atoms with Crippen molar-refractivity contribution in [2.75, 3.05) is 13.1 Å². The van der Waals surface area contributed by atoms with Crippen molar-refractivity contribution in [3.63, 3.8) is 0 Å². The SMILES string of the molecule is CC(C)(C)OC(=O)NC1(c2ccc(-c3cnc4c(Br)cnn4c3)cc2)CN(C(=O)OC(C)(C)C)C1. The van der Waals surface area contributed by atoms with Gasteiger partial charge in [0.1, 0.15) is 16.7 Å². The van der Waals surface area contributed by atoms with E-state index in [4.69, 9.17) is 9.47 Å². The average molecular weight is 544 g/mol. The minimum absolute atomic E-state index is 0.273. The second kappa shape index (κ2) is 8.82. The monoisotopic (exact) mass is 543 g/mol. The number of likely N-dealkylation sites (tertiary alicyclic amines) is 1. The third kappa shape index (κ3) is 5.58. The summed E-state index contributed by atoms with van der Waals surface area (Å²) < 4.78 is 13.5. The fourth-order valence-corrected chi connectivity index (χ4v) is 4.25. The average Bonchev–Trinajstić information content (AvgIpc) is 3.08. The van der Waals surface area contributed by atoms with Gasteiger partial charge in [0.2, 0.25) is 0 Å². The fraction of sp³-hybridized carbons (Fsp3) is 0.440. The molecule has 1 aliphatic rings. The summed E-state index contributed by atoms with van der Waals surface area (Å²) in [5.74, 6) is 0. The molecule has 3 aromatic rings. The third-order valence-electron chi connectivity index (χ3n) is 5.40. The highest BCUT2D eigenvalue weighted by molar-refractivity contribution is 9.10. The molecule has 2 amide bonds. The molecule has 4 rings (SSSR count). The molecule has 0 radical (unpaired) electrons. The molecule has 0 spiro atoms. The Hall–Kier alpha value is -3.14. The van der Waals surface area contributed by atoms with Gasteiger partial charge in [-0.1, -0.05) is 24.3 Å². The fourth-order valence-electron chi connectivity index (χ4n) is 3.87. The number of amides is 2. The van der Waals surface area contributed by atoms with Crippen LogP contribution in [0.5, 0.6) is 0 Å². The van der Waals surface area contributed by atoms with E-state index in [1.165, 1.54) is 0 Å². The molecule has 35 heavy (non-hydrogen) atoms. The lowest BCUT2D eigenvalue weighted by Crippen LogP contribution is -2.69. The van der Waals surface area contributed by atoms with Crippen molar-refractivity contribution in [1.82, 2.24) is 24.8 Å². The van der Waals surface area contributed by atoms with E-state index in [1.807, 2.05) is 72.0 Å². The van der Waals surface area contributed by atoms with Crippen LogP contribution in [0.3, 0.4) is 0 Å². The zero-order chi connectivity index (χ0) is 25.6. The van der Waals surface area contributed by atoms with Gasteiger partial charge in [0, 0.05) is 18.0 Å². The largest absolute Gasteiger partial charge is 0.444 e. The topological polar surface area (TPSA) is 98.1 Å². The number of nitrogens with one attached hydrogen (secondary N) is 1. The zero-order valence-corrected chi connectivity index (χ0v) is 22.3. The van der Waals surface area contributed by atoms with Gasteiger partial charge in [-0.15, -0.1) is 0 Å². The van der Waals surface area contributed by atoms with Gasteiger partial charge in [0.05, 0.1) is 23.8 Å². The minimum Gasteiger partial charge on any atom is -0.444 e. The molecule has 3 heterocycles. The third-order valence-corrected chi connectivity index (χ3v) is 5.96. The smallest absolute Gasteiger partial charge is 0.410 e. The summed E-state index contributed by atoms with van der Waals surface area (Å²) >= 11 is 3.43. The number of ether oxygens (including phenoxy) is 2. The van der Waals surface area contributed by atoms with Crippen LogP contribution in [0.25, 0.3) is 16.8 Å². The first-order valence-corrected chi connectivity index (χ1v) is 12.1. The van der Waals surface area contributed by atoms with Crippen LogP contribution in [-0.2, 0) is 15.0 Å². The van der Waals surface area contributed by atoms with Crippen LogP contribution in [0.2, 0.25) is 0 Å². The number of halogens is 1. The molecule has 2 aromatic heterocycles. The van der Waals surface area contributed by atoms with E-state index in [2.05, 4.69) is 31.3 Å². The second-order valence-corrected chi connectivity index (χ2v) is 11.6. The van der Waals surface area contributed by atoms with E-state index in [9.17, 15) is 9.59 Å². The summed E-state index contributed by atoms with van der Waals surface area (Å²) in [7, 11) is 0. The van der Waals surface area contributed by atoms with Crippen molar-refractivity contribution in [2.24, 2.45) is 0 Å². The number of aromatic nitrogens is 3. The van der Waals surface area contributed by atoms with Crippen molar-refractivity contribution in [3.05, 3.63) is 52.9 Å². The van der Waals surface area contributed by atoms with E-state index in [0.29, 0.717) is 0 Å². The Kier molecular flexibility index (Phi) is 6.29. The van der Waals surface area contributed by atoms with E-state index >= 15 is 0 Å². The lowest BCUT2D eigenvalue weighted by Gasteiger charge is -2.50. The molecule has 1 aromatic carbocycles. The predicted octanol–water partition coefficient (Wildman–Crippen LogP) is 5.13. The van der Waals surface area contributed by atoms with Crippen LogP contribution in [0.1, 0.15) is 47.1 Å². The predicted molar refractivity (Wildman–Crippen MR) is 135 cm³/mol. The van der Waals surface area contributed by atoms with Crippen molar-refractivity contribution >= 4 is 33.8 Å². The van der Waals surface area contributed by atoms with Crippen LogP contribution in [0, 0.1) is 0 Å². The van der Waals surface area contributed by atoms with Gasteiger partial charge in [-0.05, 0) is 68.6 Å². The molecule has 0 atom stereocenters. The van der Waals surface area contributed by atoms with Crippen molar-refractivity contribution < 1.29 is 19.1 Å². The van der Waals surface area contributed by atoms with E-state index in [1.54, 1.807) is 21.8 Å². The van der Waals surface area contributed by atoms with Crippen LogP contribution in [-0.4, -0.2) is 56.0 Å². The number of benzene rings is 1. The molecule has 0 bridgehead atoms. The van der Waals surface area contributed by atoms with Crippen LogP contribution in [0.15, 0.2) is 47.3 Å². The van der Waals surface area contributed by atoms with Gasteiger partial charge in [-0.25, -0.2) is 19.1 Å². The lowest BCUT2D eigenvalue weighted by atomic mass is 9.82. The Morgan fingerprint density at radius 2 is 1.60 bits per heavy atom. The number of hydrogen-bond donors (Lipinski definition) is 1. The van der Waals surface area contributed by atoms with Gasteiger partial charge in [-0.3, -0.25) is 0 Å². The summed E-state index contributed by atoms with van der Waals surface area (Å²) in [6.07, 6.45) is 4.45. The van der Waals surface area contributed by atoms with Crippen molar-refractivity contribution in [1.29, 1.82) is 0 Å². The Morgan fingerprint density at radius 3 is 2.20 bits per heavy atom. The highest BCUT2D eigenvalue weighted by atomic mass is 79.9. The van der Waals surface area contributed by atoms with Gasteiger partial charge in [0.25, 0.3) is 0 Å². The van der Waals surface area contributed by atoms with E-state index < -0.39 is 28.9 Å².